The summed E-state index contributed by atoms with van der Waals surface area (Å²) in [4.78, 5) is 17.1. The van der Waals surface area contributed by atoms with Crippen LogP contribution in [0.4, 0.5) is 0 Å². The van der Waals surface area contributed by atoms with Crippen molar-refractivity contribution in [2.75, 3.05) is 13.2 Å². The second-order valence-corrected chi connectivity index (χ2v) is 9.88. The van der Waals surface area contributed by atoms with Gasteiger partial charge in [0.1, 0.15) is 11.6 Å². The van der Waals surface area contributed by atoms with Gasteiger partial charge in [0.25, 0.3) is 5.91 Å². The third-order valence-electron chi connectivity index (χ3n) is 6.72. The predicted octanol–water partition coefficient (Wildman–Crippen LogP) is 7.16. The lowest BCUT2D eigenvalue weighted by Crippen LogP contribution is -2.24. The fraction of sp³-hybridized carbons (Fsp3) is 0.375. The highest BCUT2D eigenvalue weighted by Crippen LogP contribution is 2.20. The molecule has 1 amide bonds. The SMILES string of the molecule is CC(C)c1ccc(OCCCCn2c(CCCCCNC(=O)c3ccccc3)nc3ccccc32)cc1. The van der Waals surface area contributed by atoms with Crippen LogP contribution in [-0.2, 0) is 13.0 Å². The fourth-order valence-corrected chi connectivity index (χ4v) is 4.56. The molecule has 5 heteroatoms. The Kier molecular flexibility index (Phi) is 9.75. The molecule has 37 heavy (non-hydrogen) atoms. The Labute approximate surface area is 220 Å². The van der Waals surface area contributed by atoms with Crippen LogP contribution in [0.25, 0.3) is 11.0 Å². The molecule has 0 aliphatic rings. The van der Waals surface area contributed by atoms with Crippen molar-refractivity contribution in [2.24, 2.45) is 0 Å². The van der Waals surface area contributed by atoms with Crippen molar-refractivity contribution in [2.45, 2.75) is 64.8 Å². The third-order valence-corrected chi connectivity index (χ3v) is 6.72. The molecule has 0 spiro atoms. The van der Waals surface area contributed by atoms with Crippen molar-refractivity contribution in [3.8, 4) is 5.75 Å². The van der Waals surface area contributed by atoms with Gasteiger partial charge in [0.15, 0.2) is 0 Å². The third kappa shape index (κ3) is 7.69. The van der Waals surface area contributed by atoms with Crippen LogP contribution in [-0.4, -0.2) is 28.6 Å². The minimum atomic E-state index is -0.000977. The molecule has 194 valence electrons. The zero-order valence-corrected chi connectivity index (χ0v) is 22.2. The number of carbonyl (C=O) groups excluding carboxylic acids is 1. The highest BCUT2D eigenvalue weighted by Gasteiger charge is 2.10. The average molecular weight is 498 g/mol. The summed E-state index contributed by atoms with van der Waals surface area (Å²) >= 11 is 0. The van der Waals surface area contributed by atoms with E-state index in [1.54, 1.807) is 0 Å². The van der Waals surface area contributed by atoms with E-state index < -0.39 is 0 Å². The number of nitrogens with zero attached hydrogens (tertiary/aromatic N) is 2. The van der Waals surface area contributed by atoms with Gasteiger partial charge in [-0.2, -0.15) is 0 Å². The number of rotatable bonds is 14. The number of benzene rings is 3. The van der Waals surface area contributed by atoms with Crippen molar-refractivity contribution < 1.29 is 9.53 Å². The Morgan fingerprint density at radius 2 is 1.62 bits per heavy atom. The van der Waals surface area contributed by atoms with Crippen LogP contribution in [0.3, 0.4) is 0 Å². The summed E-state index contributed by atoms with van der Waals surface area (Å²) in [6, 6.07) is 26.2. The summed E-state index contributed by atoms with van der Waals surface area (Å²) < 4.78 is 8.35. The summed E-state index contributed by atoms with van der Waals surface area (Å²) in [5.74, 6) is 2.63. The lowest BCUT2D eigenvalue weighted by Gasteiger charge is -2.11. The van der Waals surface area contributed by atoms with E-state index in [4.69, 9.17) is 9.72 Å². The van der Waals surface area contributed by atoms with Crippen LogP contribution in [0.1, 0.15) is 73.6 Å². The lowest BCUT2D eigenvalue weighted by molar-refractivity contribution is 0.0953. The quantitative estimate of drug-likeness (QED) is 0.188. The number of para-hydroxylation sites is 2. The Morgan fingerprint density at radius 3 is 2.41 bits per heavy atom. The van der Waals surface area contributed by atoms with Gasteiger partial charge in [0.05, 0.1) is 17.6 Å². The van der Waals surface area contributed by atoms with E-state index in [1.807, 2.05) is 30.3 Å². The van der Waals surface area contributed by atoms with E-state index >= 15 is 0 Å². The second kappa shape index (κ2) is 13.6. The minimum Gasteiger partial charge on any atom is -0.494 e. The molecule has 0 saturated heterocycles. The maximum atomic E-state index is 12.2. The molecule has 0 aliphatic heterocycles. The van der Waals surface area contributed by atoms with Gasteiger partial charge in [-0.3, -0.25) is 4.79 Å². The van der Waals surface area contributed by atoms with Gasteiger partial charge in [0.2, 0.25) is 0 Å². The summed E-state index contributed by atoms with van der Waals surface area (Å²) in [5.41, 5.74) is 4.32. The van der Waals surface area contributed by atoms with Gasteiger partial charge < -0.3 is 14.6 Å². The predicted molar refractivity (Wildman–Crippen MR) is 151 cm³/mol. The van der Waals surface area contributed by atoms with Gasteiger partial charge in [-0.15, -0.1) is 0 Å². The molecule has 5 nitrogen and oxygen atoms in total. The van der Waals surface area contributed by atoms with E-state index in [-0.39, 0.29) is 5.91 Å². The van der Waals surface area contributed by atoms with Crippen molar-refractivity contribution in [3.63, 3.8) is 0 Å². The number of imidazole rings is 1. The van der Waals surface area contributed by atoms with Crippen LogP contribution < -0.4 is 10.1 Å². The van der Waals surface area contributed by atoms with E-state index in [2.05, 4.69) is 72.3 Å². The summed E-state index contributed by atoms with van der Waals surface area (Å²) in [6.45, 7) is 6.77. The molecule has 1 heterocycles. The molecule has 0 saturated carbocycles. The highest BCUT2D eigenvalue weighted by atomic mass is 16.5. The first-order valence-corrected chi connectivity index (χ1v) is 13.6. The molecule has 0 unspecified atom stereocenters. The number of amides is 1. The molecule has 0 aliphatic carbocycles. The van der Waals surface area contributed by atoms with Gasteiger partial charge >= 0.3 is 0 Å². The van der Waals surface area contributed by atoms with E-state index in [1.165, 1.54) is 11.1 Å². The molecule has 4 aromatic rings. The molecule has 0 radical (unpaired) electrons. The standard InChI is InChI=1S/C32H39N3O2/c1-25(2)26-18-20-28(21-19-26)37-24-12-11-23-35-30-16-9-8-15-29(30)34-31(35)17-7-4-10-22-33-32(36)27-13-5-3-6-14-27/h3,5-6,8-9,13-16,18-21,25H,4,7,10-12,17,22-24H2,1-2H3,(H,33,36). The number of nitrogens with one attached hydrogen (secondary N) is 1. The summed E-state index contributed by atoms with van der Waals surface area (Å²) in [6.07, 6.45) is 6.07. The maximum absolute atomic E-state index is 12.2. The number of carbonyl (C=O) groups is 1. The van der Waals surface area contributed by atoms with Crippen molar-refractivity contribution in [1.29, 1.82) is 0 Å². The number of aromatic nitrogens is 2. The first-order valence-electron chi connectivity index (χ1n) is 13.6. The molecular formula is C32H39N3O2. The summed E-state index contributed by atoms with van der Waals surface area (Å²) in [7, 11) is 0. The number of ether oxygens (including phenoxy) is 1. The largest absolute Gasteiger partial charge is 0.494 e. The van der Waals surface area contributed by atoms with Crippen LogP contribution >= 0.6 is 0 Å². The number of fused-ring (bicyclic) bond motifs is 1. The average Bonchev–Trinajstić information content (AvgIpc) is 3.28. The molecular weight excluding hydrogens is 458 g/mol. The minimum absolute atomic E-state index is 0.000977. The normalized spacial score (nSPS) is 11.2. The lowest BCUT2D eigenvalue weighted by atomic mass is 10.0. The molecule has 0 atom stereocenters. The van der Waals surface area contributed by atoms with Crippen molar-refractivity contribution >= 4 is 16.9 Å². The van der Waals surface area contributed by atoms with E-state index in [0.717, 1.165) is 68.8 Å². The molecule has 1 N–H and O–H groups in total. The van der Waals surface area contributed by atoms with Gasteiger partial charge in [-0.1, -0.05) is 62.7 Å². The molecule has 3 aromatic carbocycles. The van der Waals surface area contributed by atoms with E-state index in [9.17, 15) is 4.79 Å². The van der Waals surface area contributed by atoms with Gasteiger partial charge in [0, 0.05) is 25.1 Å². The first kappa shape index (κ1) is 26.5. The van der Waals surface area contributed by atoms with Crippen molar-refractivity contribution in [3.05, 3.63) is 95.8 Å². The van der Waals surface area contributed by atoms with Crippen LogP contribution in [0, 0.1) is 0 Å². The Hall–Kier alpha value is -3.60. The molecule has 0 fully saturated rings. The van der Waals surface area contributed by atoms with Crippen LogP contribution in [0.2, 0.25) is 0 Å². The summed E-state index contributed by atoms with van der Waals surface area (Å²) in [5, 5.41) is 3.02. The monoisotopic (exact) mass is 497 g/mol. The first-order chi connectivity index (χ1) is 18.1. The molecule has 1 aromatic heterocycles. The fourth-order valence-electron chi connectivity index (χ4n) is 4.56. The van der Waals surface area contributed by atoms with Crippen LogP contribution in [0.15, 0.2) is 78.9 Å². The van der Waals surface area contributed by atoms with Gasteiger partial charge in [-0.05, 0) is 73.6 Å². The van der Waals surface area contributed by atoms with E-state index in [0.29, 0.717) is 18.0 Å². The Balaban J connectivity index is 1.21. The topological polar surface area (TPSA) is 56.1 Å². The number of hydrogen-bond acceptors (Lipinski definition) is 3. The second-order valence-electron chi connectivity index (χ2n) is 9.88. The Bertz CT molecular complexity index is 1250. The number of hydrogen-bond donors (Lipinski definition) is 1. The molecule has 4 rings (SSSR count). The van der Waals surface area contributed by atoms with Gasteiger partial charge in [-0.25, -0.2) is 4.98 Å². The maximum Gasteiger partial charge on any atom is 0.251 e. The molecule has 0 bridgehead atoms. The van der Waals surface area contributed by atoms with Crippen LogP contribution in [0.5, 0.6) is 5.75 Å². The number of aryl methyl sites for hydroxylation is 2. The zero-order valence-electron chi connectivity index (χ0n) is 22.2. The Morgan fingerprint density at radius 1 is 0.865 bits per heavy atom. The highest BCUT2D eigenvalue weighted by molar-refractivity contribution is 5.94. The number of unbranched alkanes of at least 4 members (excludes halogenated alkanes) is 3. The van der Waals surface area contributed by atoms with Crippen molar-refractivity contribution in [1.82, 2.24) is 14.9 Å². The smallest absolute Gasteiger partial charge is 0.251 e. The zero-order chi connectivity index (χ0) is 25.9.